The second-order valence-electron chi connectivity index (χ2n) is 3.34. The van der Waals surface area contributed by atoms with Gasteiger partial charge in [0.15, 0.2) is 0 Å². The summed E-state index contributed by atoms with van der Waals surface area (Å²) in [5.41, 5.74) is 0. The molecule has 1 aliphatic rings. The average Bonchev–Trinajstić information content (AvgIpc) is 2.38. The highest BCUT2D eigenvalue weighted by Crippen LogP contribution is 2.08. The van der Waals surface area contributed by atoms with Crippen molar-refractivity contribution in [3.05, 3.63) is 0 Å². The van der Waals surface area contributed by atoms with Crippen LogP contribution in [0.25, 0.3) is 0 Å². The SMILES string of the molecule is CCCCCOC1C(=O)NC(=O)N1C. The van der Waals surface area contributed by atoms with Gasteiger partial charge in [0, 0.05) is 13.7 Å². The number of ether oxygens (including phenoxy) is 1. The molecule has 1 rings (SSSR count). The lowest BCUT2D eigenvalue weighted by Gasteiger charge is -2.16. The van der Waals surface area contributed by atoms with Crippen LogP contribution in [0.3, 0.4) is 0 Å². The van der Waals surface area contributed by atoms with Crippen molar-refractivity contribution in [2.24, 2.45) is 0 Å². The fourth-order valence-corrected chi connectivity index (χ4v) is 1.27. The minimum absolute atomic E-state index is 0.367. The molecule has 0 saturated carbocycles. The third kappa shape index (κ3) is 2.45. The Balaban J connectivity index is 2.29. The van der Waals surface area contributed by atoms with Gasteiger partial charge in [0.05, 0.1) is 0 Å². The molecule has 1 fully saturated rings. The highest BCUT2D eigenvalue weighted by atomic mass is 16.5. The van der Waals surface area contributed by atoms with E-state index in [1.165, 1.54) is 4.90 Å². The molecule has 1 heterocycles. The molecule has 5 nitrogen and oxygen atoms in total. The number of urea groups is 1. The van der Waals surface area contributed by atoms with E-state index in [2.05, 4.69) is 12.2 Å². The first-order valence-electron chi connectivity index (χ1n) is 4.86. The third-order valence-electron chi connectivity index (χ3n) is 2.15. The normalized spacial score (nSPS) is 21.6. The largest absolute Gasteiger partial charge is 0.349 e. The molecule has 0 spiro atoms. The van der Waals surface area contributed by atoms with Crippen molar-refractivity contribution in [2.45, 2.75) is 32.4 Å². The Labute approximate surface area is 83.4 Å². The molecule has 0 aromatic rings. The van der Waals surface area contributed by atoms with E-state index in [-0.39, 0.29) is 5.91 Å². The molecular formula is C9H16N2O3. The first-order chi connectivity index (χ1) is 6.66. The quantitative estimate of drug-likeness (QED) is 0.525. The molecule has 0 bridgehead atoms. The van der Waals surface area contributed by atoms with Crippen molar-refractivity contribution in [1.82, 2.24) is 10.2 Å². The van der Waals surface area contributed by atoms with Crippen LogP contribution in [0.1, 0.15) is 26.2 Å². The molecule has 1 N–H and O–H groups in total. The van der Waals surface area contributed by atoms with E-state index in [9.17, 15) is 9.59 Å². The summed E-state index contributed by atoms with van der Waals surface area (Å²) in [5, 5.41) is 2.18. The van der Waals surface area contributed by atoms with Crippen LogP contribution in [0.4, 0.5) is 4.79 Å². The van der Waals surface area contributed by atoms with Gasteiger partial charge in [-0.2, -0.15) is 0 Å². The molecule has 1 aliphatic heterocycles. The van der Waals surface area contributed by atoms with E-state index in [1.807, 2.05) is 0 Å². The molecule has 1 saturated heterocycles. The van der Waals surface area contributed by atoms with Crippen LogP contribution in [0, 0.1) is 0 Å². The van der Waals surface area contributed by atoms with E-state index >= 15 is 0 Å². The molecule has 0 radical (unpaired) electrons. The van der Waals surface area contributed by atoms with Gasteiger partial charge in [0.1, 0.15) is 0 Å². The Bertz CT molecular complexity index is 230. The maximum absolute atomic E-state index is 11.2. The Morgan fingerprint density at radius 3 is 2.64 bits per heavy atom. The van der Waals surface area contributed by atoms with E-state index in [1.54, 1.807) is 7.05 Å². The number of hydrogen-bond donors (Lipinski definition) is 1. The summed E-state index contributed by atoms with van der Waals surface area (Å²) in [6.07, 6.45) is 2.36. The molecule has 14 heavy (non-hydrogen) atoms. The van der Waals surface area contributed by atoms with E-state index in [4.69, 9.17) is 4.74 Å². The highest BCUT2D eigenvalue weighted by Gasteiger charge is 2.36. The van der Waals surface area contributed by atoms with Gasteiger partial charge < -0.3 is 4.74 Å². The minimum Gasteiger partial charge on any atom is -0.349 e. The monoisotopic (exact) mass is 200 g/mol. The highest BCUT2D eigenvalue weighted by molar-refractivity contribution is 6.03. The summed E-state index contributed by atoms with van der Waals surface area (Å²) in [4.78, 5) is 23.4. The number of unbranched alkanes of at least 4 members (excludes halogenated alkanes) is 2. The predicted molar refractivity (Wildman–Crippen MR) is 50.6 cm³/mol. The van der Waals surface area contributed by atoms with Crippen molar-refractivity contribution in [1.29, 1.82) is 0 Å². The molecule has 1 unspecified atom stereocenters. The van der Waals surface area contributed by atoms with Gasteiger partial charge in [-0.15, -0.1) is 0 Å². The van der Waals surface area contributed by atoms with E-state index in [0.717, 1.165) is 19.3 Å². The van der Waals surface area contributed by atoms with Crippen molar-refractivity contribution in [3.63, 3.8) is 0 Å². The molecular weight excluding hydrogens is 184 g/mol. The molecule has 0 aromatic carbocycles. The zero-order chi connectivity index (χ0) is 10.6. The lowest BCUT2D eigenvalue weighted by atomic mass is 10.3. The summed E-state index contributed by atoms with van der Waals surface area (Å²) < 4.78 is 5.29. The summed E-state index contributed by atoms with van der Waals surface area (Å²) in [6.45, 7) is 2.61. The molecule has 5 heteroatoms. The van der Waals surface area contributed by atoms with Gasteiger partial charge in [0.25, 0.3) is 5.91 Å². The number of carbonyl (C=O) groups excluding carboxylic acids is 2. The maximum atomic E-state index is 11.2. The molecule has 3 amide bonds. The van der Waals surface area contributed by atoms with Gasteiger partial charge in [-0.05, 0) is 6.42 Å². The Morgan fingerprint density at radius 1 is 1.43 bits per heavy atom. The Hall–Kier alpha value is -1.10. The Kier molecular flexibility index (Phi) is 3.88. The summed E-state index contributed by atoms with van der Waals surface area (Å²) in [5.74, 6) is -0.367. The van der Waals surface area contributed by atoms with Crippen LogP contribution < -0.4 is 5.32 Å². The first-order valence-corrected chi connectivity index (χ1v) is 4.86. The number of imide groups is 1. The van der Waals surface area contributed by atoms with Crippen LogP contribution in [0.5, 0.6) is 0 Å². The van der Waals surface area contributed by atoms with Crippen LogP contribution >= 0.6 is 0 Å². The van der Waals surface area contributed by atoms with Crippen LogP contribution in [-0.4, -0.2) is 36.7 Å². The number of rotatable bonds is 5. The van der Waals surface area contributed by atoms with Crippen LogP contribution in [0.15, 0.2) is 0 Å². The van der Waals surface area contributed by atoms with Gasteiger partial charge >= 0.3 is 6.03 Å². The van der Waals surface area contributed by atoms with Crippen LogP contribution in [-0.2, 0) is 9.53 Å². The molecule has 1 atom stereocenters. The second-order valence-corrected chi connectivity index (χ2v) is 3.34. The van der Waals surface area contributed by atoms with Gasteiger partial charge in [-0.3, -0.25) is 15.0 Å². The number of hydrogen-bond acceptors (Lipinski definition) is 3. The maximum Gasteiger partial charge on any atom is 0.326 e. The van der Waals surface area contributed by atoms with Gasteiger partial charge in [-0.25, -0.2) is 4.79 Å². The van der Waals surface area contributed by atoms with Crippen molar-refractivity contribution in [3.8, 4) is 0 Å². The average molecular weight is 200 g/mol. The summed E-state index contributed by atoms with van der Waals surface area (Å²) in [7, 11) is 1.55. The lowest BCUT2D eigenvalue weighted by molar-refractivity contribution is -0.135. The fourth-order valence-electron chi connectivity index (χ4n) is 1.27. The third-order valence-corrected chi connectivity index (χ3v) is 2.15. The molecule has 80 valence electrons. The van der Waals surface area contributed by atoms with Gasteiger partial charge in [-0.1, -0.05) is 19.8 Å². The molecule has 0 aliphatic carbocycles. The fraction of sp³-hybridized carbons (Fsp3) is 0.778. The first kappa shape index (κ1) is 11.0. The number of nitrogens with zero attached hydrogens (tertiary/aromatic N) is 1. The lowest BCUT2D eigenvalue weighted by Crippen LogP contribution is -2.34. The zero-order valence-corrected chi connectivity index (χ0v) is 8.58. The summed E-state index contributed by atoms with van der Waals surface area (Å²) >= 11 is 0. The second kappa shape index (κ2) is 4.95. The zero-order valence-electron chi connectivity index (χ0n) is 8.58. The standard InChI is InChI=1S/C9H16N2O3/c1-3-4-5-6-14-8-7(12)10-9(13)11(8)2/h8H,3-6H2,1-2H3,(H,10,12,13). The van der Waals surface area contributed by atoms with Gasteiger partial charge in [0.2, 0.25) is 6.23 Å². The number of carbonyl (C=O) groups is 2. The van der Waals surface area contributed by atoms with E-state index in [0.29, 0.717) is 6.61 Å². The Morgan fingerprint density at radius 2 is 2.14 bits per heavy atom. The number of amides is 3. The van der Waals surface area contributed by atoms with E-state index < -0.39 is 12.3 Å². The smallest absolute Gasteiger partial charge is 0.326 e. The summed E-state index contributed by atoms with van der Waals surface area (Å²) in [6, 6.07) is -0.393. The van der Waals surface area contributed by atoms with Crippen molar-refractivity contribution >= 4 is 11.9 Å². The van der Waals surface area contributed by atoms with Crippen molar-refractivity contribution < 1.29 is 14.3 Å². The number of nitrogens with one attached hydrogen (secondary N) is 1. The topological polar surface area (TPSA) is 58.6 Å². The predicted octanol–water partition coefficient (Wildman–Crippen LogP) is 0.701. The number of likely N-dealkylation sites (N-methyl/N-ethyl adjacent to an activating group) is 1. The van der Waals surface area contributed by atoms with Crippen molar-refractivity contribution in [2.75, 3.05) is 13.7 Å². The molecule has 0 aromatic heterocycles. The van der Waals surface area contributed by atoms with Crippen LogP contribution in [0.2, 0.25) is 0 Å². The minimum atomic E-state index is -0.737.